The van der Waals surface area contributed by atoms with Gasteiger partial charge in [-0.3, -0.25) is 14.6 Å². The Morgan fingerprint density at radius 2 is 1.83 bits per heavy atom. The number of piperidine rings is 1. The zero-order valence-corrected chi connectivity index (χ0v) is 24.6. The maximum Gasteiger partial charge on any atom is 0.298 e. The highest BCUT2D eigenvalue weighted by Gasteiger charge is 2.23. The monoisotopic (exact) mass is 569 g/mol. The van der Waals surface area contributed by atoms with Crippen molar-refractivity contribution in [1.29, 1.82) is 0 Å². The fraction of sp³-hybridized carbons (Fsp3) is 0.344. The van der Waals surface area contributed by atoms with Crippen molar-refractivity contribution >= 4 is 29.3 Å². The number of amides is 2. The molecule has 6 N–H and O–H groups in total. The van der Waals surface area contributed by atoms with Gasteiger partial charge in [0.1, 0.15) is 24.1 Å². The number of pyridine rings is 2. The third kappa shape index (κ3) is 9.14. The molecule has 2 amide bonds. The Balaban J connectivity index is 0.000000247. The fourth-order valence-corrected chi connectivity index (χ4v) is 4.45. The molecule has 2 aromatic heterocycles. The normalized spacial score (nSPS) is 14.8. The summed E-state index contributed by atoms with van der Waals surface area (Å²) in [6, 6.07) is 13.0. The average Bonchev–Trinajstić information content (AvgIpc) is 2.96. The lowest BCUT2D eigenvalue weighted by molar-refractivity contribution is -0.126. The van der Waals surface area contributed by atoms with E-state index in [2.05, 4.69) is 46.0 Å². The average molecular weight is 570 g/mol. The SMILES string of the molecule is CC(C)c1ccnc(N)c1C(N)=NC1CCCN(C(=O)C#CCO)C1.Cc1ccc(C(=O)Nc2cc(C)ccn2)cc1. The summed E-state index contributed by atoms with van der Waals surface area (Å²) in [4.78, 5) is 38.3. The van der Waals surface area contributed by atoms with Gasteiger partial charge in [-0.05, 0) is 80.0 Å². The molecule has 3 aromatic rings. The summed E-state index contributed by atoms with van der Waals surface area (Å²) in [5.41, 5.74) is 16.8. The van der Waals surface area contributed by atoms with Crippen LogP contribution in [0.4, 0.5) is 11.6 Å². The van der Waals surface area contributed by atoms with Gasteiger partial charge in [0.25, 0.3) is 11.8 Å². The first kappa shape index (κ1) is 31.8. The number of aryl methyl sites for hydroxylation is 2. The molecule has 3 heterocycles. The van der Waals surface area contributed by atoms with Gasteiger partial charge in [0.2, 0.25) is 0 Å². The number of carbonyl (C=O) groups excluding carboxylic acids is 2. The zero-order chi connectivity index (χ0) is 30.6. The van der Waals surface area contributed by atoms with E-state index in [1.165, 1.54) is 0 Å². The van der Waals surface area contributed by atoms with E-state index in [0.29, 0.717) is 41.7 Å². The van der Waals surface area contributed by atoms with Crippen molar-refractivity contribution < 1.29 is 14.7 Å². The van der Waals surface area contributed by atoms with Gasteiger partial charge in [0.15, 0.2) is 0 Å². The van der Waals surface area contributed by atoms with Gasteiger partial charge in [0.05, 0.1) is 11.6 Å². The third-order valence-electron chi connectivity index (χ3n) is 6.64. The number of carbonyl (C=O) groups is 2. The molecule has 1 aliphatic heterocycles. The minimum absolute atomic E-state index is 0.103. The Morgan fingerprint density at radius 3 is 2.50 bits per heavy atom. The molecule has 1 unspecified atom stereocenters. The van der Waals surface area contributed by atoms with Crippen LogP contribution >= 0.6 is 0 Å². The summed E-state index contributed by atoms with van der Waals surface area (Å²) in [6.45, 7) is 8.84. The van der Waals surface area contributed by atoms with Crippen molar-refractivity contribution in [1.82, 2.24) is 14.9 Å². The van der Waals surface area contributed by atoms with Crippen LogP contribution in [0.1, 0.15) is 65.2 Å². The van der Waals surface area contributed by atoms with E-state index < -0.39 is 0 Å². The first-order valence-corrected chi connectivity index (χ1v) is 13.9. The van der Waals surface area contributed by atoms with E-state index >= 15 is 0 Å². The Morgan fingerprint density at radius 1 is 1.12 bits per heavy atom. The number of nitrogen functional groups attached to an aromatic ring is 1. The number of rotatable bonds is 5. The summed E-state index contributed by atoms with van der Waals surface area (Å²) in [5.74, 6) is 5.91. The van der Waals surface area contributed by atoms with E-state index in [4.69, 9.17) is 16.6 Å². The molecule has 220 valence electrons. The van der Waals surface area contributed by atoms with E-state index in [9.17, 15) is 9.59 Å². The van der Waals surface area contributed by atoms with Gasteiger partial charge in [-0.15, -0.1) is 0 Å². The van der Waals surface area contributed by atoms with Crippen molar-refractivity contribution in [3.05, 3.63) is 82.7 Å². The Bertz CT molecular complexity index is 1470. The van der Waals surface area contributed by atoms with E-state index in [0.717, 1.165) is 29.5 Å². The van der Waals surface area contributed by atoms with Gasteiger partial charge < -0.3 is 26.8 Å². The molecule has 10 heteroatoms. The summed E-state index contributed by atoms with van der Waals surface area (Å²) in [7, 11) is 0. The van der Waals surface area contributed by atoms with Crippen molar-refractivity contribution in [3.63, 3.8) is 0 Å². The van der Waals surface area contributed by atoms with Gasteiger partial charge in [0, 0.05) is 31.0 Å². The van der Waals surface area contributed by atoms with Crippen molar-refractivity contribution in [2.24, 2.45) is 10.7 Å². The lowest BCUT2D eigenvalue weighted by Crippen LogP contribution is -2.41. The quantitative estimate of drug-likeness (QED) is 0.208. The number of nitrogens with two attached hydrogens (primary N) is 2. The van der Waals surface area contributed by atoms with E-state index in [1.54, 1.807) is 29.4 Å². The number of likely N-dealkylation sites (tertiary alicyclic amines) is 1. The molecule has 1 aliphatic rings. The predicted octanol–water partition coefficient (Wildman–Crippen LogP) is 3.43. The molecule has 4 rings (SSSR count). The molecule has 0 aliphatic carbocycles. The van der Waals surface area contributed by atoms with E-state index in [1.807, 2.05) is 44.2 Å². The number of hydrogen-bond donors (Lipinski definition) is 4. The number of aromatic nitrogens is 2. The van der Waals surface area contributed by atoms with Crippen LogP contribution in [0, 0.1) is 25.7 Å². The third-order valence-corrected chi connectivity index (χ3v) is 6.64. The largest absolute Gasteiger partial charge is 0.384 e. The van der Waals surface area contributed by atoms with Crippen LogP contribution in [-0.2, 0) is 4.79 Å². The lowest BCUT2D eigenvalue weighted by Gasteiger charge is -2.29. The number of aliphatic hydroxyl groups is 1. The van der Waals surface area contributed by atoms with Crippen LogP contribution in [0.3, 0.4) is 0 Å². The molecule has 1 aromatic carbocycles. The molecule has 1 saturated heterocycles. The summed E-state index contributed by atoms with van der Waals surface area (Å²) in [5, 5.41) is 11.5. The van der Waals surface area contributed by atoms with Gasteiger partial charge in [-0.25, -0.2) is 9.97 Å². The number of aliphatic imine (C=N–C) groups is 1. The second kappa shape index (κ2) is 15.3. The number of hydrogen-bond acceptors (Lipinski definition) is 7. The molecule has 0 saturated carbocycles. The zero-order valence-electron chi connectivity index (χ0n) is 24.6. The van der Waals surface area contributed by atoms with Crippen LogP contribution < -0.4 is 16.8 Å². The van der Waals surface area contributed by atoms with Crippen molar-refractivity contribution in [2.75, 3.05) is 30.7 Å². The highest BCUT2D eigenvalue weighted by atomic mass is 16.2. The smallest absolute Gasteiger partial charge is 0.298 e. The molecule has 0 spiro atoms. The summed E-state index contributed by atoms with van der Waals surface area (Å²) in [6.07, 6.45) is 5.02. The molecule has 1 atom stereocenters. The maximum absolute atomic E-state index is 12.0. The van der Waals surface area contributed by atoms with Gasteiger partial charge in [-0.2, -0.15) is 0 Å². The molecular weight excluding hydrogens is 530 g/mol. The Kier molecular flexibility index (Phi) is 11.6. The van der Waals surface area contributed by atoms with Crippen LogP contribution in [0.25, 0.3) is 0 Å². The number of aliphatic hydroxyl groups excluding tert-OH is 1. The fourth-order valence-electron chi connectivity index (χ4n) is 4.45. The molecule has 42 heavy (non-hydrogen) atoms. The summed E-state index contributed by atoms with van der Waals surface area (Å²) >= 11 is 0. The van der Waals surface area contributed by atoms with Gasteiger partial charge >= 0.3 is 0 Å². The Hall–Kier alpha value is -4.75. The van der Waals surface area contributed by atoms with Crippen LogP contribution in [-0.4, -0.2) is 63.4 Å². The van der Waals surface area contributed by atoms with Gasteiger partial charge in [-0.1, -0.05) is 37.5 Å². The highest BCUT2D eigenvalue weighted by molar-refractivity contribution is 6.04. The van der Waals surface area contributed by atoms with Crippen LogP contribution in [0.5, 0.6) is 0 Å². The van der Waals surface area contributed by atoms with Crippen LogP contribution in [0.15, 0.2) is 59.9 Å². The first-order chi connectivity index (χ1) is 20.1. The number of benzene rings is 1. The van der Waals surface area contributed by atoms with Crippen LogP contribution in [0.2, 0.25) is 0 Å². The lowest BCUT2D eigenvalue weighted by atomic mass is 9.97. The predicted molar refractivity (Wildman–Crippen MR) is 166 cm³/mol. The number of anilines is 2. The number of nitrogens with zero attached hydrogens (tertiary/aromatic N) is 4. The number of amidine groups is 1. The molecule has 10 nitrogen and oxygen atoms in total. The highest BCUT2D eigenvalue weighted by Crippen LogP contribution is 2.23. The van der Waals surface area contributed by atoms with Crippen molar-refractivity contribution in [3.8, 4) is 11.8 Å². The minimum atomic E-state index is -0.327. The molecule has 0 bridgehead atoms. The van der Waals surface area contributed by atoms with E-state index in [-0.39, 0.29) is 30.4 Å². The van der Waals surface area contributed by atoms with Crippen molar-refractivity contribution in [2.45, 2.75) is 52.5 Å². The topological polar surface area (TPSA) is 160 Å². The molecular formula is C32H39N7O3. The molecule has 1 fully saturated rings. The standard InChI is InChI=1S/C18H25N5O2.C14H14N2O/c1-12(2)14-7-8-21-17(19)16(14)18(20)22-13-5-3-9-23(11-13)15(25)6-4-10-24;1-10-3-5-12(6-4-10)14(17)16-13-9-11(2)7-8-15-13/h7-8,12-13,24H,3,5,9-11H2,1-2H3,(H2,19,21)(H2,20,22);3-9H,1-2H3,(H,15,16,17). The summed E-state index contributed by atoms with van der Waals surface area (Å²) < 4.78 is 0. The Labute approximate surface area is 247 Å². The maximum atomic E-state index is 12.0. The number of nitrogens with one attached hydrogen (secondary N) is 1. The second-order valence-corrected chi connectivity index (χ2v) is 10.4. The molecule has 0 radical (unpaired) electrons. The first-order valence-electron chi connectivity index (χ1n) is 13.9. The minimum Gasteiger partial charge on any atom is -0.384 e. The second-order valence-electron chi connectivity index (χ2n) is 10.4.